The van der Waals surface area contributed by atoms with Gasteiger partial charge in [0.2, 0.25) is 8.32 Å². The second-order valence-electron chi connectivity index (χ2n) is 7.50. The van der Waals surface area contributed by atoms with E-state index in [4.69, 9.17) is 4.43 Å². The Labute approximate surface area is 129 Å². The lowest BCUT2D eigenvalue weighted by atomic mass is 9.88. The lowest BCUT2D eigenvalue weighted by Crippen LogP contribution is -2.41. The van der Waals surface area contributed by atoms with E-state index in [-0.39, 0.29) is 16.8 Å². The molecule has 0 aromatic heterocycles. The summed E-state index contributed by atoms with van der Waals surface area (Å²) in [6.45, 7) is 11.3. The van der Waals surface area contributed by atoms with Crippen molar-refractivity contribution in [3.05, 3.63) is 47.5 Å². The molecule has 1 atom stereocenters. The molecule has 1 aliphatic rings. The summed E-state index contributed by atoms with van der Waals surface area (Å²) in [6.07, 6.45) is 5.60. The van der Waals surface area contributed by atoms with Crippen molar-refractivity contribution in [2.24, 2.45) is 0 Å². The van der Waals surface area contributed by atoms with E-state index in [1.54, 1.807) is 12.1 Å². The van der Waals surface area contributed by atoms with Gasteiger partial charge in [-0.3, -0.25) is 0 Å². The van der Waals surface area contributed by atoms with E-state index >= 15 is 0 Å². The first-order chi connectivity index (χ1) is 9.71. The van der Waals surface area contributed by atoms with Crippen molar-refractivity contribution in [2.45, 2.75) is 64.1 Å². The Hall–Kier alpha value is -1.09. The lowest BCUT2D eigenvalue weighted by molar-refractivity contribution is 0.330. The number of hydrogen-bond donors (Lipinski definition) is 0. The highest BCUT2D eigenvalue weighted by molar-refractivity contribution is 6.74. The Morgan fingerprint density at radius 1 is 1.14 bits per heavy atom. The normalized spacial score (nSPS) is 20.1. The SMILES string of the molecule is CC(C)(C)[Si](C)(C)OC1=CCCC[C@@H]1c1ccc(F)cc1. The molecule has 116 valence electrons. The van der Waals surface area contributed by atoms with Crippen LogP contribution in [0.1, 0.15) is 51.5 Å². The minimum absolute atomic E-state index is 0.176. The van der Waals surface area contributed by atoms with Crippen LogP contribution < -0.4 is 0 Å². The molecular formula is C18H27FOSi. The number of allylic oxidation sites excluding steroid dienone is 2. The first-order valence-electron chi connectivity index (χ1n) is 7.85. The van der Waals surface area contributed by atoms with Gasteiger partial charge in [0.05, 0.1) is 5.76 Å². The van der Waals surface area contributed by atoms with Gasteiger partial charge >= 0.3 is 0 Å². The quantitative estimate of drug-likeness (QED) is 0.622. The second kappa shape index (κ2) is 5.96. The van der Waals surface area contributed by atoms with Crippen LogP contribution in [0, 0.1) is 5.82 Å². The highest BCUT2D eigenvalue weighted by Crippen LogP contribution is 2.42. The third-order valence-corrected chi connectivity index (χ3v) is 9.20. The van der Waals surface area contributed by atoms with E-state index in [1.807, 2.05) is 12.1 Å². The Balaban J connectivity index is 2.24. The van der Waals surface area contributed by atoms with E-state index in [2.05, 4.69) is 39.9 Å². The van der Waals surface area contributed by atoms with Crippen molar-refractivity contribution in [3.63, 3.8) is 0 Å². The Bertz CT molecular complexity index is 511. The van der Waals surface area contributed by atoms with Gasteiger partial charge in [-0.15, -0.1) is 0 Å². The van der Waals surface area contributed by atoms with Crippen LogP contribution in [0.2, 0.25) is 18.1 Å². The van der Waals surface area contributed by atoms with Gasteiger partial charge in [0.1, 0.15) is 5.82 Å². The average Bonchev–Trinajstić information content (AvgIpc) is 2.39. The van der Waals surface area contributed by atoms with Crippen LogP contribution in [-0.4, -0.2) is 8.32 Å². The fraction of sp³-hybridized carbons (Fsp3) is 0.556. The molecule has 0 amide bonds. The highest BCUT2D eigenvalue weighted by Gasteiger charge is 2.40. The van der Waals surface area contributed by atoms with Gasteiger partial charge in [0, 0.05) is 5.92 Å². The van der Waals surface area contributed by atoms with Crippen molar-refractivity contribution in [1.29, 1.82) is 0 Å². The molecule has 3 heteroatoms. The molecule has 0 saturated heterocycles. The zero-order chi connectivity index (χ0) is 15.7. The minimum atomic E-state index is -1.82. The lowest BCUT2D eigenvalue weighted by Gasteiger charge is -2.40. The molecule has 0 heterocycles. The Morgan fingerprint density at radius 3 is 2.33 bits per heavy atom. The molecule has 1 nitrogen and oxygen atoms in total. The first-order valence-corrected chi connectivity index (χ1v) is 10.8. The van der Waals surface area contributed by atoms with Crippen molar-refractivity contribution in [2.75, 3.05) is 0 Å². The highest BCUT2D eigenvalue weighted by atomic mass is 28.4. The van der Waals surface area contributed by atoms with Gasteiger partial charge in [0.25, 0.3) is 0 Å². The largest absolute Gasteiger partial charge is 0.546 e. The molecule has 21 heavy (non-hydrogen) atoms. The van der Waals surface area contributed by atoms with E-state index in [9.17, 15) is 4.39 Å². The van der Waals surface area contributed by atoms with Crippen molar-refractivity contribution >= 4 is 8.32 Å². The van der Waals surface area contributed by atoms with Crippen LogP contribution in [0.15, 0.2) is 36.1 Å². The molecule has 1 aromatic rings. The van der Waals surface area contributed by atoms with Gasteiger partial charge in [-0.05, 0) is 61.2 Å². The van der Waals surface area contributed by atoms with Gasteiger partial charge in [-0.25, -0.2) is 4.39 Å². The molecule has 0 fully saturated rings. The first kappa shape index (κ1) is 16.3. The van der Waals surface area contributed by atoms with E-state index in [0.29, 0.717) is 0 Å². The third-order valence-electron chi connectivity index (χ3n) is 4.84. The Morgan fingerprint density at radius 2 is 1.76 bits per heavy atom. The van der Waals surface area contributed by atoms with Crippen molar-refractivity contribution < 1.29 is 8.82 Å². The minimum Gasteiger partial charge on any atom is -0.546 e. The third kappa shape index (κ3) is 3.76. The summed E-state index contributed by atoms with van der Waals surface area (Å²) in [5, 5.41) is 0.193. The van der Waals surface area contributed by atoms with Crippen LogP contribution in [-0.2, 0) is 4.43 Å². The zero-order valence-electron chi connectivity index (χ0n) is 13.9. The molecule has 0 radical (unpaired) electrons. The maximum atomic E-state index is 13.1. The molecule has 2 rings (SSSR count). The maximum absolute atomic E-state index is 13.1. The molecule has 0 N–H and O–H groups in total. The predicted octanol–water partition coefficient (Wildman–Crippen LogP) is 6.00. The fourth-order valence-corrected chi connectivity index (χ4v) is 3.56. The van der Waals surface area contributed by atoms with Crippen molar-refractivity contribution in [3.8, 4) is 0 Å². The molecule has 1 aliphatic carbocycles. The standard InChI is InChI=1S/C18H27FOSi/c1-18(2,3)21(4,5)20-17-9-7-6-8-16(17)14-10-12-15(19)13-11-14/h9-13,16H,6-8H2,1-5H3/t16-/m1/s1. The smallest absolute Gasteiger partial charge is 0.250 e. The van der Waals surface area contributed by atoms with Crippen LogP contribution in [0.5, 0.6) is 0 Å². The van der Waals surface area contributed by atoms with Gasteiger partial charge in [-0.2, -0.15) is 0 Å². The average molecular weight is 306 g/mol. The fourth-order valence-electron chi connectivity index (χ4n) is 2.44. The molecule has 0 aliphatic heterocycles. The summed E-state index contributed by atoms with van der Waals surface area (Å²) >= 11 is 0. The molecule has 0 unspecified atom stereocenters. The van der Waals surface area contributed by atoms with Crippen molar-refractivity contribution in [1.82, 2.24) is 0 Å². The second-order valence-corrected chi connectivity index (χ2v) is 12.2. The summed E-state index contributed by atoms with van der Waals surface area (Å²) in [6, 6.07) is 6.89. The summed E-state index contributed by atoms with van der Waals surface area (Å²) in [5.74, 6) is 1.22. The summed E-state index contributed by atoms with van der Waals surface area (Å²) in [5.41, 5.74) is 1.17. The molecule has 0 saturated carbocycles. The zero-order valence-corrected chi connectivity index (χ0v) is 14.9. The number of halogens is 1. The van der Waals surface area contributed by atoms with Crippen LogP contribution in [0.25, 0.3) is 0 Å². The maximum Gasteiger partial charge on any atom is 0.250 e. The summed E-state index contributed by atoms with van der Waals surface area (Å²) in [4.78, 5) is 0. The van der Waals surface area contributed by atoms with E-state index < -0.39 is 8.32 Å². The van der Waals surface area contributed by atoms with E-state index in [0.717, 1.165) is 18.6 Å². The number of rotatable bonds is 3. The monoisotopic (exact) mass is 306 g/mol. The molecule has 1 aromatic carbocycles. The summed E-state index contributed by atoms with van der Waals surface area (Å²) < 4.78 is 19.7. The van der Waals surface area contributed by atoms with Gasteiger partial charge in [-0.1, -0.05) is 32.9 Å². The van der Waals surface area contributed by atoms with E-state index in [1.165, 1.54) is 12.0 Å². The van der Waals surface area contributed by atoms with Gasteiger partial charge < -0.3 is 4.43 Å². The predicted molar refractivity (Wildman–Crippen MR) is 89.4 cm³/mol. The van der Waals surface area contributed by atoms with Crippen LogP contribution in [0.4, 0.5) is 4.39 Å². The molecular weight excluding hydrogens is 279 g/mol. The number of benzene rings is 1. The molecule has 0 bridgehead atoms. The number of hydrogen-bond acceptors (Lipinski definition) is 1. The van der Waals surface area contributed by atoms with Gasteiger partial charge in [0.15, 0.2) is 0 Å². The van der Waals surface area contributed by atoms with Crippen LogP contribution >= 0.6 is 0 Å². The topological polar surface area (TPSA) is 9.23 Å². The summed E-state index contributed by atoms with van der Waals surface area (Å²) in [7, 11) is -1.82. The van der Waals surface area contributed by atoms with Crippen LogP contribution in [0.3, 0.4) is 0 Å². The Kier molecular flexibility index (Phi) is 4.62. The molecule has 0 spiro atoms.